The number of halogens is 4. The molecule has 2 aromatic rings. The lowest BCUT2D eigenvalue weighted by molar-refractivity contribution is -0.137. The lowest BCUT2D eigenvalue weighted by Crippen LogP contribution is -2.13. The van der Waals surface area contributed by atoms with E-state index in [2.05, 4.69) is 10.3 Å². The van der Waals surface area contributed by atoms with Crippen molar-refractivity contribution in [3.63, 3.8) is 0 Å². The van der Waals surface area contributed by atoms with Gasteiger partial charge in [-0.1, -0.05) is 11.6 Å². The van der Waals surface area contributed by atoms with Gasteiger partial charge in [-0.05, 0) is 24.3 Å². The number of nitrogens with zero attached hydrogens (tertiary/aromatic N) is 1. The standard InChI is InChI=1S/C13H8ClF3N2O2/c14-9-5-8(13(15,16)17)6-10(11(9)20)19-12(21)7-1-3-18-4-2-7/h1-6,20H,(H,19,21). The van der Waals surface area contributed by atoms with E-state index in [1.807, 2.05) is 0 Å². The predicted octanol–water partition coefficient (Wildman–Crippen LogP) is 3.71. The first-order valence-corrected chi connectivity index (χ1v) is 5.98. The number of carbonyl (C=O) groups is 1. The Balaban J connectivity index is 2.36. The van der Waals surface area contributed by atoms with Crippen LogP contribution in [0.2, 0.25) is 5.02 Å². The Morgan fingerprint density at radius 1 is 1.24 bits per heavy atom. The van der Waals surface area contributed by atoms with Crippen molar-refractivity contribution < 1.29 is 23.1 Å². The zero-order valence-corrected chi connectivity index (χ0v) is 11.0. The van der Waals surface area contributed by atoms with Crippen LogP contribution in [-0.4, -0.2) is 16.0 Å². The van der Waals surface area contributed by atoms with Crippen molar-refractivity contribution >= 4 is 23.2 Å². The van der Waals surface area contributed by atoms with Gasteiger partial charge >= 0.3 is 6.18 Å². The van der Waals surface area contributed by atoms with Crippen LogP contribution in [-0.2, 0) is 6.18 Å². The summed E-state index contributed by atoms with van der Waals surface area (Å²) in [5, 5.41) is 11.3. The van der Waals surface area contributed by atoms with E-state index in [0.29, 0.717) is 12.1 Å². The van der Waals surface area contributed by atoms with Gasteiger partial charge in [-0.2, -0.15) is 13.2 Å². The molecule has 0 atom stereocenters. The van der Waals surface area contributed by atoms with Crippen LogP contribution in [0.1, 0.15) is 15.9 Å². The molecule has 4 nitrogen and oxygen atoms in total. The molecule has 1 aromatic heterocycles. The molecule has 0 saturated heterocycles. The van der Waals surface area contributed by atoms with E-state index in [1.165, 1.54) is 24.5 Å². The van der Waals surface area contributed by atoms with Crippen molar-refractivity contribution in [1.82, 2.24) is 4.98 Å². The van der Waals surface area contributed by atoms with E-state index in [-0.39, 0.29) is 5.56 Å². The molecule has 0 aliphatic carbocycles. The number of pyridine rings is 1. The summed E-state index contributed by atoms with van der Waals surface area (Å²) in [5.74, 6) is -1.32. The number of rotatable bonds is 2. The minimum absolute atomic E-state index is 0.179. The highest BCUT2D eigenvalue weighted by Crippen LogP contribution is 2.39. The smallest absolute Gasteiger partial charge is 0.416 e. The highest BCUT2D eigenvalue weighted by atomic mass is 35.5. The van der Waals surface area contributed by atoms with Gasteiger partial charge < -0.3 is 10.4 Å². The monoisotopic (exact) mass is 316 g/mol. The van der Waals surface area contributed by atoms with E-state index in [1.54, 1.807) is 0 Å². The molecule has 8 heteroatoms. The summed E-state index contributed by atoms with van der Waals surface area (Å²) in [6.45, 7) is 0. The number of aromatic hydroxyl groups is 1. The van der Waals surface area contributed by atoms with Crippen LogP contribution in [0.5, 0.6) is 5.75 Å². The number of carbonyl (C=O) groups excluding carboxylic acids is 1. The average molecular weight is 317 g/mol. The molecule has 1 amide bonds. The zero-order valence-electron chi connectivity index (χ0n) is 10.3. The van der Waals surface area contributed by atoms with Crippen LogP contribution in [0.25, 0.3) is 0 Å². The molecule has 0 aliphatic heterocycles. The molecule has 0 spiro atoms. The molecule has 1 aromatic carbocycles. The second-order valence-electron chi connectivity index (χ2n) is 4.04. The Morgan fingerprint density at radius 2 is 1.86 bits per heavy atom. The predicted molar refractivity (Wildman–Crippen MR) is 70.3 cm³/mol. The van der Waals surface area contributed by atoms with Crippen LogP contribution in [0.3, 0.4) is 0 Å². The molecule has 110 valence electrons. The first-order valence-electron chi connectivity index (χ1n) is 5.60. The number of alkyl halides is 3. The number of phenols is 1. The summed E-state index contributed by atoms with van der Waals surface area (Å²) in [6.07, 6.45) is -1.94. The van der Waals surface area contributed by atoms with Crippen molar-refractivity contribution in [1.29, 1.82) is 0 Å². The van der Waals surface area contributed by atoms with Gasteiger partial charge in [0.05, 0.1) is 16.3 Å². The van der Waals surface area contributed by atoms with Gasteiger partial charge in [0.1, 0.15) is 0 Å². The van der Waals surface area contributed by atoms with E-state index in [4.69, 9.17) is 11.6 Å². The second-order valence-corrected chi connectivity index (χ2v) is 4.45. The number of amides is 1. The third kappa shape index (κ3) is 3.43. The third-order valence-corrected chi connectivity index (χ3v) is 2.87. The van der Waals surface area contributed by atoms with Crippen molar-refractivity contribution in [3.8, 4) is 5.75 Å². The maximum Gasteiger partial charge on any atom is 0.416 e. The molecule has 2 N–H and O–H groups in total. The van der Waals surface area contributed by atoms with Crippen LogP contribution >= 0.6 is 11.6 Å². The number of nitrogens with one attached hydrogen (secondary N) is 1. The fraction of sp³-hybridized carbons (Fsp3) is 0.0769. The Kier molecular flexibility index (Phi) is 4.04. The SMILES string of the molecule is O=C(Nc1cc(C(F)(F)F)cc(Cl)c1O)c1ccncc1. The summed E-state index contributed by atoms with van der Waals surface area (Å²) in [6, 6.07) is 3.95. The fourth-order valence-corrected chi connectivity index (χ4v) is 1.78. The molecule has 0 radical (unpaired) electrons. The number of aromatic nitrogens is 1. The summed E-state index contributed by atoms with van der Waals surface area (Å²) in [5.41, 5.74) is -1.31. The third-order valence-electron chi connectivity index (χ3n) is 2.58. The first kappa shape index (κ1) is 15.1. The van der Waals surface area contributed by atoms with Crippen molar-refractivity contribution in [2.45, 2.75) is 6.18 Å². The first-order chi connectivity index (χ1) is 9.79. The summed E-state index contributed by atoms with van der Waals surface area (Å²) >= 11 is 5.54. The van der Waals surface area contributed by atoms with E-state index < -0.39 is 34.1 Å². The van der Waals surface area contributed by atoms with Gasteiger partial charge in [0.25, 0.3) is 5.91 Å². The Morgan fingerprint density at radius 3 is 2.43 bits per heavy atom. The number of benzene rings is 1. The molecular formula is C13H8ClF3N2O2. The number of anilines is 1. The van der Waals surface area contributed by atoms with Gasteiger partial charge in [0.15, 0.2) is 5.75 Å². The molecule has 0 aliphatic rings. The molecule has 0 bridgehead atoms. The number of hydrogen-bond donors (Lipinski definition) is 2. The Labute approximate surface area is 122 Å². The molecule has 21 heavy (non-hydrogen) atoms. The Bertz CT molecular complexity index is 675. The van der Waals surface area contributed by atoms with Gasteiger partial charge in [0, 0.05) is 18.0 Å². The van der Waals surface area contributed by atoms with E-state index in [0.717, 1.165) is 0 Å². The molecule has 0 fully saturated rings. The van der Waals surface area contributed by atoms with Gasteiger partial charge in [-0.3, -0.25) is 9.78 Å². The topological polar surface area (TPSA) is 62.2 Å². The molecule has 0 unspecified atom stereocenters. The van der Waals surface area contributed by atoms with E-state index >= 15 is 0 Å². The normalized spacial score (nSPS) is 11.2. The van der Waals surface area contributed by atoms with Crippen LogP contribution in [0.4, 0.5) is 18.9 Å². The van der Waals surface area contributed by atoms with Gasteiger partial charge in [0.2, 0.25) is 0 Å². The molecule has 2 rings (SSSR count). The lowest BCUT2D eigenvalue weighted by Gasteiger charge is -2.13. The van der Waals surface area contributed by atoms with Crippen LogP contribution in [0.15, 0.2) is 36.7 Å². The van der Waals surface area contributed by atoms with Crippen LogP contribution in [0, 0.1) is 0 Å². The summed E-state index contributed by atoms with van der Waals surface area (Å²) in [4.78, 5) is 15.6. The average Bonchev–Trinajstić information content (AvgIpc) is 2.43. The molecular weight excluding hydrogens is 309 g/mol. The van der Waals surface area contributed by atoms with Gasteiger partial charge in [-0.25, -0.2) is 0 Å². The Hall–Kier alpha value is -2.28. The second kappa shape index (κ2) is 5.61. The van der Waals surface area contributed by atoms with Crippen molar-refractivity contribution in [3.05, 3.63) is 52.8 Å². The van der Waals surface area contributed by atoms with Crippen molar-refractivity contribution in [2.24, 2.45) is 0 Å². The lowest BCUT2D eigenvalue weighted by atomic mass is 10.1. The summed E-state index contributed by atoms with van der Waals surface area (Å²) < 4.78 is 38.0. The maximum absolute atomic E-state index is 12.7. The molecule has 1 heterocycles. The van der Waals surface area contributed by atoms with Gasteiger partial charge in [-0.15, -0.1) is 0 Å². The molecule has 0 saturated carbocycles. The quantitative estimate of drug-likeness (QED) is 0.830. The zero-order chi connectivity index (χ0) is 15.6. The number of hydrogen-bond acceptors (Lipinski definition) is 3. The minimum atomic E-state index is -4.65. The largest absolute Gasteiger partial charge is 0.504 e. The maximum atomic E-state index is 12.7. The minimum Gasteiger partial charge on any atom is -0.504 e. The fourth-order valence-electron chi connectivity index (χ4n) is 1.56. The number of phenolic OH excluding ortho intramolecular Hbond substituents is 1. The highest BCUT2D eigenvalue weighted by Gasteiger charge is 2.32. The van der Waals surface area contributed by atoms with E-state index in [9.17, 15) is 23.1 Å². The van der Waals surface area contributed by atoms with Crippen molar-refractivity contribution in [2.75, 3.05) is 5.32 Å². The van der Waals surface area contributed by atoms with Crippen LogP contribution < -0.4 is 5.32 Å². The summed E-state index contributed by atoms with van der Waals surface area (Å²) in [7, 11) is 0. The highest BCUT2D eigenvalue weighted by molar-refractivity contribution is 6.32.